The Labute approximate surface area is 201 Å². The highest BCUT2D eigenvalue weighted by Gasteiger charge is 2.25. The van der Waals surface area contributed by atoms with Crippen molar-refractivity contribution in [2.45, 2.75) is 52.0 Å². The molecule has 0 unspecified atom stereocenters. The second kappa shape index (κ2) is 10.0. The molecule has 1 saturated carbocycles. The van der Waals surface area contributed by atoms with Gasteiger partial charge in [0.15, 0.2) is 0 Å². The van der Waals surface area contributed by atoms with E-state index < -0.39 is 0 Å². The Morgan fingerprint density at radius 2 is 1.79 bits per heavy atom. The lowest BCUT2D eigenvalue weighted by Gasteiger charge is -2.24. The van der Waals surface area contributed by atoms with Crippen LogP contribution in [0.5, 0.6) is 0 Å². The van der Waals surface area contributed by atoms with Crippen molar-refractivity contribution in [1.29, 1.82) is 0 Å². The minimum Gasteiger partial charge on any atom is -0.383 e. The average molecular weight is 462 g/mol. The molecular weight excluding hydrogens is 426 g/mol. The topological polar surface area (TPSA) is 72.4 Å². The summed E-state index contributed by atoms with van der Waals surface area (Å²) < 4.78 is 7.12. The number of methoxy groups -OCH3 is 1. The number of anilines is 1. The van der Waals surface area contributed by atoms with E-state index in [1.165, 1.54) is 5.56 Å². The molecule has 0 aliphatic heterocycles. The minimum atomic E-state index is -0.139. The number of rotatable bonds is 8. The van der Waals surface area contributed by atoms with Crippen LogP contribution < -0.4 is 10.6 Å². The molecule has 180 valence electrons. The monoisotopic (exact) mass is 461 g/mol. The zero-order valence-electron chi connectivity index (χ0n) is 20.6. The van der Waals surface area contributed by atoms with Crippen LogP contribution in [-0.4, -0.2) is 36.6 Å². The first-order valence-electron chi connectivity index (χ1n) is 12.1. The van der Waals surface area contributed by atoms with Crippen LogP contribution in [0.3, 0.4) is 0 Å². The quantitative estimate of drug-likeness (QED) is 0.458. The van der Waals surface area contributed by atoms with Gasteiger partial charge >= 0.3 is 0 Å². The predicted octanol–water partition coefficient (Wildman–Crippen LogP) is 5.10. The number of amides is 2. The molecule has 1 aromatic heterocycles. The average Bonchev–Trinajstić information content (AvgIpc) is 3.10. The van der Waals surface area contributed by atoms with E-state index in [-0.39, 0.29) is 23.1 Å². The molecule has 2 amide bonds. The third kappa shape index (κ3) is 5.33. The van der Waals surface area contributed by atoms with Crippen LogP contribution in [0.4, 0.5) is 5.69 Å². The number of aromatic nitrogens is 1. The summed E-state index contributed by atoms with van der Waals surface area (Å²) in [5.41, 5.74) is 4.80. The Kier molecular flexibility index (Phi) is 7.08. The molecule has 0 saturated heterocycles. The molecule has 6 nitrogen and oxygen atoms in total. The zero-order valence-corrected chi connectivity index (χ0v) is 20.6. The second-order valence-electron chi connectivity index (χ2n) is 10.2. The molecule has 6 heteroatoms. The van der Waals surface area contributed by atoms with Crippen molar-refractivity contribution in [1.82, 2.24) is 9.88 Å². The van der Waals surface area contributed by atoms with E-state index in [4.69, 9.17) is 4.74 Å². The molecule has 1 fully saturated rings. The van der Waals surface area contributed by atoms with Crippen LogP contribution in [0.25, 0.3) is 10.9 Å². The Balaban J connectivity index is 1.64. The lowest BCUT2D eigenvalue weighted by atomic mass is 9.85. The fourth-order valence-electron chi connectivity index (χ4n) is 4.27. The van der Waals surface area contributed by atoms with Crippen LogP contribution in [0.1, 0.15) is 61.6 Å². The van der Waals surface area contributed by atoms with Crippen LogP contribution in [0, 0.1) is 5.92 Å². The summed E-state index contributed by atoms with van der Waals surface area (Å²) in [5, 5.41) is 6.90. The predicted molar refractivity (Wildman–Crippen MR) is 136 cm³/mol. The lowest BCUT2D eigenvalue weighted by Crippen LogP contribution is -2.29. The summed E-state index contributed by atoms with van der Waals surface area (Å²) >= 11 is 0. The van der Waals surface area contributed by atoms with E-state index in [2.05, 4.69) is 55.7 Å². The SMILES string of the molecule is COCCNC(=O)c1cc2cc(NC(=O)C3CCC3)ccc2n1Cc1ccc(C(C)(C)C)cc1. The summed E-state index contributed by atoms with van der Waals surface area (Å²) in [6.45, 7) is 8.08. The first kappa shape index (κ1) is 24.0. The molecular formula is C28H35N3O3. The van der Waals surface area contributed by atoms with Crippen LogP contribution >= 0.6 is 0 Å². The second-order valence-corrected chi connectivity index (χ2v) is 10.2. The van der Waals surface area contributed by atoms with E-state index in [1.54, 1.807) is 7.11 Å². The van der Waals surface area contributed by atoms with Crippen molar-refractivity contribution >= 4 is 28.4 Å². The molecule has 2 N–H and O–H groups in total. The lowest BCUT2D eigenvalue weighted by molar-refractivity contribution is -0.122. The van der Waals surface area contributed by atoms with Gasteiger partial charge in [-0.2, -0.15) is 0 Å². The van der Waals surface area contributed by atoms with Crippen molar-refractivity contribution < 1.29 is 14.3 Å². The van der Waals surface area contributed by atoms with Crippen molar-refractivity contribution in [3.05, 3.63) is 65.4 Å². The Hall–Kier alpha value is -3.12. The highest BCUT2D eigenvalue weighted by atomic mass is 16.5. The van der Waals surface area contributed by atoms with Gasteiger partial charge < -0.3 is 19.9 Å². The van der Waals surface area contributed by atoms with Crippen molar-refractivity contribution in [3.8, 4) is 0 Å². The number of carbonyl (C=O) groups is 2. The standard InChI is InChI=1S/C28H35N3O3/c1-28(2,3)22-10-8-19(9-11-22)18-31-24-13-12-23(30-26(32)20-6-5-7-20)16-21(24)17-25(31)27(33)29-14-15-34-4/h8-13,16-17,20H,5-7,14-15,18H2,1-4H3,(H,29,33)(H,30,32). The molecule has 1 heterocycles. The van der Waals surface area contributed by atoms with Gasteiger partial charge in [0.2, 0.25) is 5.91 Å². The van der Waals surface area contributed by atoms with Gasteiger partial charge in [-0.1, -0.05) is 51.5 Å². The molecule has 0 radical (unpaired) electrons. The van der Waals surface area contributed by atoms with Gasteiger partial charge in [-0.25, -0.2) is 0 Å². The van der Waals surface area contributed by atoms with Gasteiger partial charge in [0, 0.05) is 42.7 Å². The van der Waals surface area contributed by atoms with Crippen molar-refractivity contribution in [3.63, 3.8) is 0 Å². The highest BCUT2D eigenvalue weighted by molar-refractivity contribution is 6.01. The number of fused-ring (bicyclic) bond motifs is 1. The zero-order chi connectivity index (χ0) is 24.3. The Morgan fingerprint density at radius 1 is 1.06 bits per heavy atom. The summed E-state index contributed by atoms with van der Waals surface area (Å²) in [4.78, 5) is 25.4. The summed E-state index contributed by atoms with van der Waals surface area (Å²) in [7, 11) is 1.61. The minimum absolute atomic E-state index is 0.0847. The molecule has 0 spiro atoms. The van der Waals surface area contributed by atoms with Crippen molar-refractivity contribution in [2.75, 3.05) is 25.6 Å². The van der Waals surface area contributed by atoms with Crippen molar-refractivity contribution in [2.24, 2.45) is 5.92 Å². The van der Waals surface area contributed by atoms with Crippen LogP contribution in [0.2, 0.25) is 0 Å². The molecule has 1 aliphatic carbocycles. The number of carbonyl (C=O) groups excluding carboxylic acids is 2. The van der Waals surface area contributed by atoms with E-state index in [0.717, 1.165) is 41.4 Å². The Morgan fingerprint density at radius 3 is 2.41 bits per heavy atom. The van der Waals surface area contributed by atoms with E-state index in [1.807, 2.05) is 28.8 Å². The molecule has 4 rings (SSSR count). The maximum Gasteiger partial charge on any atom is 0.268 e. The van der Waals surface area contributed by atoms with Gasteiger partial charge in [0.25, 0.3) is 5.91 Å². The van der Waals surface area contributed by atoms with Gasteiger partial charge in [-0.3, -0.25) is 9.59 Å². The van der Waals surface area contributed by atoms with Gasteiger partial charge in [-0.15, -0.1) is 0 Å². The van der Waals surface area contributed by atoms with Crippen LogP contribution in [-0.2, 0) is 21.5 Å². The molecule has 3 aromatic rings. The molecule has 0 atom stereocenters. The van der Waals surface area contributed by atoms with Gasteiger partial charge in [-0.05, 0) is 53.6 Å². The summed E-state index contributed by atoms with van der Waals surface area (Å²) in [6.07, 6.45) is 3.05. The number of hydrogen-bond donors (Lipinski definition) is 2. The first-order chi connectivity index (χ1) is 16.3. The van der Waals surface area contributed by atoms with E-state index in [9.17, 15) is 9.59 Å². The molecule has 2 aromatic carbocycles. The number of ether oxygens (including phenoxy) is 1. The summed E-state index contributed by atoms with van der Waals surface area (Å²) in [6, 6.07) is 16.3. The summed E-state index contributed by atoms with van der Waals surface area (Å²) in [5.74, 6) is 0.0691. The maximum atomic E-state index is 13.0. The first-order valence-corrected chi connectivity index (χ1v) is 12.1. The highest BCUT2D eigenvalue weighted by Crippen LogP contribution is 2.30. The number of hydrogen-bond acceptors (Lipinski definition) is 3. The molecule has 34 heavy (non-hydrogen) atoms. The fraction of sp³-hybridized carbons (Fsp3) is 0.429. The largest absolute Gasteiger partial charge is 0.383 e. The van der Waals surface area contributed by atoms with Crippen LogP contribution in [0.15, 0.2) is 48.5 Å². The normalized spacial score (nSPS) is 14.1. The Bertz CT molecular complexity index is 1170. The smallest absolute Gasteiger partial charge is 0.268 e. The maximum absolute atomic E-state index is 13.0. The number of nitrogens with one attached hydrogen (secondary N) is 2. The van der Waals surface area contributed by atoms with Gasteiger partial charge in [0.1, 0.15) is 5.69 Å². The molecule has 1 aliphatic rings. The third-order valence-electron chi connectivity index (χ3n) is 6.63. The number of benzene rings is 2. The van der Waals surface area contributed by atoms with E-state index >= 15 is 0 Å². The fourth-order valence-corrected chi connectivity index (χ4v) is 4.27. The number of nitrogens with zero attached hydrogens (tertiary/aromatic N) is 1. The van der Waals surface area contributed by atoms with Gasteiger partial charge in [0.05, 0.1) is 6.61 Å². The third-order valence-corrected chi connectivity index (χ3v) is 6.63. The van der Waals surface area contributed by atoms with E-state index in [0.29, 0.717) is 25.4 Å². The molecule has 0 bridgehead atoms.